The summed E-state index contributed by atoms with van der Waals surface area (Å²) in [6.45, 7) is 2.17. The smallest absolute Gasteiger partial charge is 0.241 e. The summed E-state index contributed by atoms with van der Waals surface area (Å²) in [6.07, 6.45) is 0.747. The first-order valence-corrected chi connectivity index (χ1v) is 13.0. The Morgan fingerprint density at radius 1 is 1.24 bits per heavy atom. The van der Waals surface area contributed by atoms with Crippen LogP contribution in [0.1, 0.15) is 32.7 Å². The Labute approximate surface area is 200 Å². The monoisotopic (exact) mass is 496 g/mol. The highest BCUT2D eigenvalue weighted by Gasteiger charge is 2.27. The molecule has 0 atom stereocenters. The van der Waals surface area contributed by atoms with Gasteiger partial charge in [0.25, 0.3) is 0 Å². The number of benzene rings is 2. The van der Waals surface area contributed by atoms with Crippen molar-refractivity contribution in [3.8, 4) is 6.07 Å². The van der Waals surface area contributed by atoms with E-state index in [1.165, 1.54) is 29.5 Å². The molecule has 3 heterocycles. The zero-order valence-electron chi connectivity index (χ0n) is 18.1. The molecule has 7 nitrogen and oxygen atoms in total. The van der Waals surface area contributed by atoms with E-state index in [1.54, 1.807) is 18.2 Å². The largest absolute Gasteiger partial charge is 0.316 e. The van der Waals surface area contributed by atoms with Crippen LogP contribution in [0.5, 0.6) is 0 Å². The Morgan fingerprint density at radius 2 is 2.09 bits per heavy atom. The summed E-state index contributed by atoms with van der Waals surface area (Å²) in [7, 11) is -3.51. The van der Waals surface area contributed by atoms with Crippen LogP contribution in [0, 0.1) is 17.1 Å². The van der Waals surface area contributed by atoms with Gasteiger partial charge >= 0.3 is 0 Å². The molecular formula is C24H21FN4O3S2. The molecule has 2 aromatic carbocycles. The van der Waals surface area contributed by atoms with Crippen molar-refractivity contribution in [2.24, 2.45) is 0 Å². The molecule has 0 fully saturated rings. The number of rotatable bonds is 5. The molecule has 34 heavy (non-hydrogen) atoms. The molecule has 0 aliphatic carbocycles. The number of carbonyl (C=O) groups is 1. The number of nitrogens with zero attached hydrogens (tertiary/aromatic N) is 2. The number of sulfonamides is 1. The predicted octanol–water partition coefficient (Wildman–Crippen LogP) is 3.29. The van der Waals surface area contributed by atoms with Crippen molar-refractivity contribution in [2.75, 3.05) is 11.9 Å². The van der Waals surface area contributed by atoms with Gasteiger partial charge in [0.15, 0.2) is 0 Å². The number of nitriles is 1. The molecule has 2 N–H and O–H groups in total. The van der Waals surface area contributed by atoms with Crippen molar-refractivity contribution in [1.82, 2.24) is 9.62 Å². The van der Waals surface area contributed by atoms with Crippen LogP contribution in [0.15, 0.2) is 47.4 Å². The average molecular weight is 497 g/mol. The number of thiophene rings is 1. The van der Waals surface area contributed by atoms with E-state index in [9.17, 15) is 22.9 Å². The molecule has 0 unspecified atom stereocenters. The van der Waals surface area contributed by atoms with E-state index < -0.39 is 10.0 Å². The normalized spacial score (nSPS) is 16.5. The lowest BCUT2D eigenvalue weighted by Crippen LogP contribution is -2.29. The number of anilines is 1. The van der Waals surface area contributed by atoms with Crippen molar-refractivity contribution in [1.29, 1.82) is 5.26 Å². The Hall–Kier alpha value is -3.10. The van der Waals surface area contributed by atoms with Crippen LogP contribution in [0.4, 0.5) is 9.39 Å². The quantitative estimate of drug-likeness (QED) is 0.564. The van der Waals surface area contributed by atoms with Gasteiger partial charge in [-0.3, -0.25) is 9.69 Å². The van der Waals surface area contributed by atoms with E-state index in [0.717, 1.165) is 29.0 Å². The third kappa shape index (κ3) is 4.48. The molecule has 0 radical (unpaired) electrons. The Bertz CT molecular complexity index is 1440. The molecule has 3 aromatic rings. The maximum atomic E-state index is 13.5. The zero-order chi connectivity index (χ0) is 23.9. The molecule has 0 spiro atoms. The number of nitrogens with one attached hydrogen (secondary N) is 2. The minimum absolute atomic E-state index is 0.00192. The van der Waals surface area contributed by atoms with E-state index in [0.29, 0.717) is 34.8 Å². The molecule has 0 bridgehead atoms. The third-order valence-electron chi connectivity index (χ3n) is 6.03. The first-order chi connectivity index (χ1) is 16.3. The van der Waals surface area contributed by atoms with Gasteiger partial charge in [0.2, 0.25) is 15.9 Å². The second-order valence-electron chi connectivity index (χ2n) is 8.40. The van der Waals surface area contributed by atoms with Crippen LogP contribution in [0.3, 0.4) is 0 Å². The number of hydrogen-bond acceptors (Lipinski definition) is 6. The van der Waals surface area contributed by atoms with Crippen LogP contribution in [-0.4, -0.2) is 25.8 Å². The van der Waals surface area contributed by atoms with Crippen molar-refractivity contribution in [3.63, 3.8) is 0 Å². The van der Waals surface area contributed by atoms with Gasteiger partial charge in [0, 0.05) is 36.6 Å². The molecular weight excluding hydrogens is 475 g/mol. The van der Waals surface area contributed by atoms with Gasteiger partial charge in [0.05, 0.1) is 16.9 Å². The van der Waals surface area contributed by atoms with Crippen molar-refractivity contribution in [3.05, 3.63) is 81.0 Å². The van der Waals surface area contributed by atoms with Gasteiger partial charge in [-0.05, 0) is 41.3 Å². The lowest BCUT2D eigenvalue weighted by molar-refractivity contribution is -0.115. The van der Waals surface area contributed by atoms with Crippen LogP contribution >= 0.6 is 11.3 Å². The maximum absolute atomic E-state index is 13.5. The number of carbonyl (C=O) groups excluding carboxylic acids is 1. The van der Waals surface area contributed by atoms with E-state index in [4.69, 9.17) is 0 Å². The highest BCUT2D eigenvalue weighted by molar-refractivity contribution is 7.89. The topological polar surface area (TPSA) is 102 Å². The zero-order valence-corrected chi connectivity index (χ0v) is 19.7. The summed E-state index contributed by atoms with van der Waals surface area (Å²) in [5, 5.41) is 13.2. The summed E-state index contributed by atoms with van der Waals surface area (Å²) >= 11 is 1.41. The summed E-state index contributed by atoms with van der Waals surface area (Å²) in [4.78, 5) is 16.2. The van der Waals surface area contributed by atoms with Crippen molar-refractivity contribution in [2.45, 2.75) is 37.4 Å². The van der Waals surface area contributed by atoms with E-state index in [1.807, 2.05) is 6.07 Å². The third-order valence-corrected chi connectivity index (χ3v) is 8.72. The molecule has 10 heteroatoms. The SMILES string of the molecule is N#Cc1c(NC(=O)Cc2ccc3c(c2)S(=O)(=O)NC3)sc2c1CN(Cc1cccc(F)c1)CC2. The molecule has 2 aliphatic rings. The van der Waals surface area contributed by atoms with Gasteiger partial charge in [-0.2, -0.15) is 5.26 Å². The summed E-state index contributed by atoms with van der Waals surface area (Å²) < 4.78 is 40.1. The highest BCUT2D eigenvalue weighted by Crippen LogP contribution is 2.37. The molecule has 1 amide bonds. The van der Waals surface area contributed by atoms with Crippen molar-refractivity contribution >= 4 is 32.3 Å². The van der Waals surface area contributed by atoms with E-state index in [2.05, 4.69) is 21.0 Å². The Kier molecular flexibility index (Phi) is 5.95. The molecule has 1 aromatic heterocycles. The predicted molar refractivity (Wildman–Crippen MR) is 126 cm³/mol. The maximum Gasteiger partial charge on any atom is 0.241 e. The van der Waals surface area contributed by atoms with E-state index >= 15 is 0 Å². The molecule has 2 aliphatic heterocycles. The number of fused-ring (bicyclic) bond motifs is 2. The van der Waals surface area contributed by atoms with Crippen LogP contribution in [0.2, 0.25) is 0 Å². The average Bonchev–Trinajstić information content (AvgIpc) is 3.29. The minimum Gasteiger partial charge on any atom is -0.316 e. The molecule has 0 saturated carbocycles. The fourth-order valence-corrected chi connectivity index (χ4v) is 6.85. The Balaban J connectivity index is 1.30. The minimum atomic E-state index is -3.51. The van der Waals surface area contributed by atoms with Gasteiger partial charge < -0.3 is 5.32 Å². The first kappa shape index (κ1) is 22.7. The fourth-order valence-electron chi connectivity index (χ4n) is 4.39. The lowest BCUT2D eigenvalue weighted by Gasteiger charge is -2.27. The lowest BCUT2D eigenvalue weighted by atomic mass is 10.0. The van der Waals surface area contributed by atoms with Gasteiger partial charge in [0.1, 0.15) is 16.9 Å². The van der Waals surface area contributed by atoms with Gasteiger partial charge in [-0.25, -0.2) is 17.5 Å². The second-order valence-corrected chi connectivity index (χ2v) is 11.2. The molecule has 0 saturated heterocycles. The van der Waals surface area contributed by atoms with Crippen LogP contribution < -0.4 is 10.0 Å². The van der Waals surface area contributed by atoms with Gasteiger partial charge in [-0.1, -0.05) is 24.3 Å². The highest BCUT2D eigenvalue weighted by atomic mass is 32.2. The summed E-state index contributed by atoms with van der Waals surface area (Å²) in [5.74, 6) is -0.583. The molecule has 5 rings (SSSR count). The molecule has 174 valence electrons. The van der Waals surface area contributed by atoms with Crippen molar-refractivity contribution < 1.29 is 17.6 Å². The second kappa shape index (κ2) is 8.92. The number of amides is 1. The first-order valence-electron chi connectivity index (χ1n) is 10.7. The van der Waals surface area contributed by atoms with Gasteiger partial charge in [-0.15, -0.1) is 11.3 Å². The fraction of sp³-hybridized carbons (Fsp3) is 0.250. The summed E-state index contributed by atoms with van der Waals surface area (Å²) in [5.41, 5.74) is 3.50. The van der Waals surface area contributed by atoms with E-state index in [-0.39, 0.29) is 29.6 Å². The number of hydrogen-bond donors (Lipinski definition) is 2. The van der Waals surface area contributed by atoms with Crippen LogP contribution in [0.25, 0.3) is 0 Å². The standard InChI is InChI=1S/C24H21FN4O3S2/c25-18-3-1-2-16(8-18)13-29-7-6-21-20(14-29)19(11-26)24(33-21)28-23(30)10-15-4-5-17-12-27-34(31,32)22(17)9-15/h1-5,8-9,27H,6-7,10,12-14H2,(H,28,30). The summed E-state index contributed by atoms with van der Waals surface area (Å²) in [6, 6.07) is 13.7. The number of halogens is 1. The van der Waals surface area contributed by atoms with Crippen LogP contribution in [-0.2, 0) is 47.3 Å². The Morgan fingerprint density at radius 3 is 2.88 bits per heavy atom.